The van der Waals surface area contributed by atoms with Gasteiger partial charge in [-0.25, -0.2) is 0 Å². The number of nitrogens with zero attached hydrogens (tertiary/aromatic N) is 3. The third-order valence-corrected chi connectivity index (χ3v) is 3.40. The number of hydrogen-bond donors (Lipinski definition) is 1. The van der Waals surface area contributed by atoms with E-state index in [1.165, 1.54) is 38.5 Å². The predicted octanol–water partition coefficient (Wildman–Crippen LogP) is 3.44. The number of unbranched alkanes of at least 4 members (excludes halogenated alkanes) is 6. The number of aromatic nitrogens is 3. The van der Waals surface area contributed by atoms with Crippen LogP contribution in [0.1, 0.15) is 70.4 Å². The predicted molar refractivity (Wildman–Crippen MR) is 78.6 cm³/mol. The van der Waals surface area contributed by atoms with Crippen molar-refractivity contribution >= 4 is 5.97 Å². The van der Waals surface area contributed by atoms with Crippen molar-refractivity contribution in [2.75, 3.05) is 0 Å². The highest BCUT2D eigenvalue weighted by atomic mass is 16.4. The molecule has 1 heterocycles. The first-order chi connectivity index (χ1) is 9.72. The molecule has 0 bridgehead atoms. The van der Waals surface area contributed by atoms with Gasteiger partial charge in [0.15, 0.2) is 0 Å². The molecular formula is C15H27N3O2. The molecule has 114 valence electrons. The second-order valence-electron chi connectivity index (χ2n) is 5.34. The van der Waals surface area contributed by atoms with Crippen LogP contribution in [0.3, 0.4) is 0 Å². The maximum absolute atomic E-state index is 10.4. The largest absolute Gasteiger partial charge is 0.481 e. The van der Waals surface area contributed by atoms with Crippen molar-refractivity contribution < 1.29 is 9.90 Å². The van der Waals surface area contributed by atoms with Crippen molar-refractivity contribution in [1.82, 2.24) is 15.0 Å². The fourth-order valence-electron chi connectivity index (χ4n) is 2.21. The Balaban J connectivity index is 2.06. The number of carbonyl (C=O) groups is 1. The molecule has 20 heavy (non-hydrogen) atoms. The van der Waals surface area contributed by atoms with Crippen molar-refractivity contribution in [1.29, 1.82) is 0 Å². The molecule has 0 saturated heterocycles. The lowest BCUT2D eigenvalue weighted by Gasteiger charge is -2.01. The number of aliphatic carboxylic acids is 1. The Morgan fingerprint density at radius 2 is 1.85 bits per heavy atom. The standard InChI is InChI=1S/C15H27N3O2/c1-2-3-4-5-6-7-8-12-18-13-14(16-17-18)10-9-11-15(19)20/h13H,2-12H2,1H3,(H,19,20). The highest BCUT2D eigenvalue weighted by Gasteiger charge is 2.03. The van der Waals surface area contributed by atoms with Crippen molar-refractivity contribution in [2.24, 2.45) is 0 Å². The van der Waals surface area contributed by atoms with Crippen LogP contribution >= 0.6 is 0 Å². The lowest BCUT2D eigenvalue weighted by molar-refractivity contribution is -0.137. The molecule has 0 radical (unpaired) electrons. The summed E-state index contributed by atoms with van der Waals surface area (Å²) >= 11 is 0. The van der Waals surface area contributed by atoms with Gasteiger partial charge in [0.25, 0.3) is 0 Å². The molecule has 5 heteroatoms. The highest BCUT2D eigenvalue weighted by Crippen LogP contribution is 2.08. The van der Waals surface area contributed by atoms with E-state index >= 15 is 0 Å². The maximum atomic E-state index is 10.4. The molecule has 1 aromatic heterocycles. The number of rotatable bonds is 12. The number of carboxylic acids is 1. The Labute approximate surface area is 121 Å². The van der Waals surface area contributed by atoms with Gasteiger partial charge in [0.05, 0.1) is 5.69 Å². The average molecular weight is 281 g/mol. The second kappa shape index (κ2) is 10.4. The van der Waals surface area contributed by atoms with Crippen LogP contribution in [0, 0.1) is 0 Å². The Morgan fingerprint density at radius 1 is 1.15 bits per heavy atom. The molecule has 5 nitrogen and oxygen atoms in total. The van der Waals surface area contributed by atoms with Crippen LogP contribution in [0.5, 0.6) is 0 Å². The molecule has 1 aromatic rings. The normalized spacial score (nSPS) is 10.8. The molecule has 0 fully saturated rings. The van der Waals surface area contributed by atoms with E-state index in [2.05, 4.69) is 17.2 Å². The van der Waals surface area contributed by atoms with Crippen LogP contribution in [0.2, 0.25) is 0 Å². The topological polar surface area (TPSA) is 68.0 Å². The summed E-state index contributed by atoms with van der Waals surface area (Å²) in [5, 5.41) is 16.7. The van der Waals surface area contributed by atoms with E-state index < -0.39 is 5.97 Å². The zero-order valence-corrected chi connectivity index (χ0v) is 12.6. The quantitative estimate of drug-likeness (QED) is 0.596. The summed E-state index contributed by atoms with van der Waals surface area (Å²) in [6.07, 6.45) is 12.5. The van der Waals surface area contributed by atoms with Crippen LogP contribution in [-0.2, 0) is 17.8 Å². The first-order valence-corrected chi connectivity index (χ1v) is 7.83. The molecule has 1 rings (SSSR count). The summed E-state index contributed by atoms with van der Waals surface area (Å²) in [7, 11) is 0. The van der Waals surface area contributed by atoms with E-state index in [1.54, 1.807) is 0 Å². The smallest absolute Gasteiger partial charge is 0.303 e. The summed E-state index contributed by atoms with van der Waals surface area (Å²) in [5.41, 5.74) is 0.897. The molecule has 1 N–H and O–H groups in total. The summed E-state index contributed by atoms with van der Waals surface area (Å²) < 4.78 is 1.88. The van der Waals surface area contributed by atoms with Gasteiger partial charge in [-0.2, -0.15) is 0 Å². The zero-order valence-electron chi connectivity index (χ0n) is 12.6. The fourth-order valence-corrected chi connectivity index (χ4v) is 2.21. The van der Waals surface area contributed by atoms with Gasteiger partial charge in [0, 0.05) is 19.2 Å². The summed E-state index contributed by atoms with van der Waals surface area (Å²) in [6, 6.07) is 0. The Bertz CT molecular complexity index is 377. The molecule has 0 aliphatic heterocycles. The molecule has 0 amide bonds. The average Bonchev–Trinajstić information content (AvgIpc) is 2.85. The monoisotopic (exact) mass is 281 g/mol. The van der Waals surface area contributed by atoms with Crippen LogP contribution in [0.4, 0.5) is 0 Å². The van der Waals surface area contributed by atoms with E-state index in [0.717, 1.165) is 18.7 Å². The molecule has 0 aliphatic carbocycles. The Morgan fingerprint density at radius 3 is 2.55 bits per heavy atom. The number of aryl methyl sites for hydroxylation is 2. The Hall–Kier alpha value is -1.39. The minimum Gasteiger partial charge on any atom is -0.481 e. The van der Waals surface area contributed by atoms with Gasteiger partial charge in [0.2, 0.25) is 0 Å². The van der Waals surface area contributed by atoms with E-state index in [4.69, 9.17) is 5.11 Å². The molecular weight excluding hydrogens is 254 g/mol. The SMILES string of the molecule is CCCCCCCCCn1cc(CCCC(=O)O)nn1. The first kappa shape index (κ1) is 16.7. The minimum atomic E-state index is -0.750. The molecule has 0 atom stereocenters. The van der Waals surface area contributed by atoms with Crippen LogP contribution in [0.25, 0.3) is 0 Å². The van der Waals surface area contributed by atoms with E-state index in [1.807, 2.05) is 10.9 Å². The van der Waals surface area contributed by atoms with Crippen LogP contribution in [0.15, 0.2) is 6.20 Å². The Kier molecular flexibility index (Phi) is 8.67. The second-order valence-corrected chi connectivity index (χ2v) is 5.34. The van der Waals surface area contributed by atoms with Gasteiger partial charge >= 0.3 is 5.97 Å². The zero-order chi connectivity index (χ0) is 14.6. The first-order valence-electron chi connectivity index (χ1n) is 7.83. The van der Waals surface area contributed by atoms with E-state index in [-0.39, 0.29) is 6.42 Å². The summed E-state index contributed by atoms with van der Waals surface area (Å²) in [6.45, 7) is 3.15. The number of carboxylic acid groups (broad SMARTS) is 1. The van der Waals surface area contributed by atoms with Gasteiger partial charge < -0.3 is 5.11 Å². The van der Waals surface area contributed by atoms with Crippen molar-refractivity contribution in [3.8, 4) is 0 Å². The van der Waals surface area contributed by atoms with E-state index in [0.29, 0.717) is 12.8 Å². The van der Waals surface area contributed by atoms with Gasteiger partial charge in [-0.05, 0) is 19.3 Å². The molecule has 0 unspecified atom stereocenters. The lowest BCUT2D eigenvalue weighted by Crippen LogP contribution is -1.98. The number of hydrogen-bond acceptors (Lipinski definition) is 3. The van der Waals surface area contributed by atoms with Crippen LogP contribution < -0.4 is 0 Å². The van der Waals surface area contributed by atoms with Crippen LogP contribution in [-0.4, -0.2) is 26.1 Å². The van der Waals surface area contributed by atoms with Crippen molar-refractivity contribution in [2.45, 2.75) is 77.7 Å². The fraction of sp³-hybridized carbons (Fsp3) is 0.800. The highest BCUT2D eigenvalue weighted by molar-refractivity contribution is 5.66. The summed E-state index contributed by atoms with van der Waals surface area (Å²) in [4.78, 5) is 10.4. The maximum Gasteiger partial charge on any atom is 0.303 e. The summed E-state index contributed by atoms with van der Waals surface area (Å²) in [5.74, 6) is -0.750. The third kappa shape index (κ3) is 7.92. The van der Waals surface area contributed by atoms with Gasteiger partial charge in [0.1, 0.15) is 0 Å². The molecule has 0 aliphatic rings. The third-order valence-electron chi connectivity index (χ3n) is 3.40. The minimum absolute atomic E-state index is 0.199. The molecule has 0 saturated carbocycles. The van der Waals surface area contributed by atoms with Gasteiger partial charge in [-0.3, -0.25) is 9.48 Å². The van der Waals surface area contributed by atoms with Crippen molar-refractivity contribution in [3.05, 3.63) is 11.9 Å². The molecule has 0 aromatic carbocycles. The lowest BCUT2D eigenvalue weighted by atomic mass is 10.1. The van der Waals surface area contributed by atoms with Gasteiger partial charge in [-0.1, -0.05) is 50.7 Å². The van der Waals surface area contributed by atoms with Gasteiger partial charge in [-0.15, -0.1) is 5.10 Å². The molecule has 0 spiro atoms. The van der Waals surface area contributed by atoms with Crippen molar-refractivity contribution in [3.63, 3.8) is 0 Å². The van der Waals surface area contributed by atoms with E-state index in [9.17, 15) is 4.79 Å².